The van der Waals surface area contributed by atoms with Crippen LogP contribution in [0.3, 0.4) is 0 Å². The van der Waals surface area contributed by atoms with E-state index in [0.717, 1.165) is 37.5 Å². The van der Waals surface area contributed by atoms with E-state index in [1.165, 1.54) is 25.7 Å². The van der Waals surface area contributed by atoms with E-state index >= 15 is 0 Å². The van der Waals surface area contributed by atoms with Gasteiger partial charge in [0, 0.05) is 5.41 Å². The van der Waals surface area contributed by atoms with Crippen LogP contribution in [0.5, 0.6) is 0 Å². The second-order valence-electron chi connectivity index (χ2n) is 9.38. The molecule has 3 fully saturated rings. The Morgan fingerprint density at radius 2 is 1.82 bits per heavy atom. The number of nitrogens with two attached hydrogens (primary N) is 2. The highest BCUT2D eigenvalue weighted by Crippen LogP contribution is 2.66. The summed E-state index contributed by atoms with van der Waals surface area (Å²) in [7, 11) is 0. The highest BCUT2D eigenvalue weighted by molar-refractivity contribution is 5.20. The summed E-state index contributed by atoms with van der Waals surface area (Å²) in [5.74, 6) is 3.62. The zero-order chi connectivity index (χ0) is 15.8. The Morgan fingerprint density at radius 3 is 2.59 bits per heavy atom. The van der Waals surface area contributed by atoms with Crippen molar-refractivity contribution in [3.8, 4) is 0 Å². The van der Waals surface area contributed by atoms with Crippen LogP contribution in [0.25, 0.3) is 0 Å². The summed E-state index contributed by atoms with van der Waals surface area (Å²) in [5.41, 5.74) is 12.6. The minimum atomic E-state index is -0.437. The number of aliphatic hydroxyl groups is 1. The van der Waals surface area contributed by atoms with Gasteiger partial charge in [0.15, 0.2) is 0 Å². The van der Waals surface area contributed by atoms with E-state index < -0.39 is 5.66 Å². The lowest BCUT2D eigenvalue weighted by atomic mass is 9.44. The minimum Gasteiger partial charge on any atom is -0.512 e. The van der Waals surface area contributed by atoms with Crippen molar-refractivity contribution in [2.75, 3.05) is 0 Å². The maximum absolute atomic E-state index is 10.4. The number of aliphatic hydroxyl groups excluding tert-OH is 1. The van der Waals surface area contributed by atoms with Gasteiger partial charge >= 0.3 is 0 Å². The summed E-state index contributed by atoms with van der Waals surface area (Å²) in [6.07, 6.45) is 11.4. The number of rotatable bonds is 0. The molecule has 124 valence electrons. The topological polar surface area (TPSA) is 72.3 Å². The van der Waals surface area contributed by atoms with Gasteiger partial charge in [-0.3, -0.25) is 0 Å². The van der Waals surface area contributed by atoms with Crippen molar-refractivity contribution in [1.82, 2.24) is 0 Å². The van der Waals surface area contributed by atoms with Crippen LogP contribution in [0.2, 0.25) is 0 Å². The number of hydrogen-bond acceptors (Lipinski definition) is 3. The van der Waals surface area contributed by atoms with E-state index in [2.05, 4.69) is 19.9 Å². The summed E-state index contributed by atoms with van der Waals surface area (Å²) in [6.45, 7) is 4.82. The predicted octanol–water partition coefficient (Wildman–Crippen LogP) is 3.69. The molecule has 3 saturated carbocycles. The third kappa shape index (κ3) is 1.88. The molecule has 6 atom stereocenters. The second kappa shape index (κ2) is 4.51. The van der Waals surface area contributed by atoms with Crippen LogP contribution in [0.1, 0.15) is 65.2 Å². The van der Waals surface area contributed by atoms with Crippen LogP contribution in [0, 0.1) is 34.5 Å². The molecule has 0 radical (unpaired) electrons. The summed E-state index contributed by atoms with van der Waals surface area (Å²) >= 11 is 0. The van der Waals surface area contributed by atoms with Crippen molar-refractivity contribution >= 4 is 0 Å². The van der Waals surface area contributed by atoms with Crippen LogP contribution in [0.4, 0.5) is 0 Å². The van der Waals surface area contributed by atoms with Crippen molar-refractivity contribution < 1.29 is 5.11 Å². The Morgan fingerprint density at radius 1 is 1.05 bits per heavy atom. The van der Waals surface area contributed by atoms with E-state index in [1.54, 1.807) is 0 Å². The summed E-state index contributed by atoms with van der Waals surface area (Å²) in [4.78, 5) is 0. The Kier molecular flexibility index (Phi) is 3.08. The highest BCUT2D eigenvalue weighted by Gasteiger charge is 2.59. The fourth-order valence-corrected chi connectivity index (χ4v) is 6.87. The lowest BCUT2D eigenvalue weighted by Gasteiger charge is -2.61. The molecule has 0 aromatic rings. The lowest BCUT2D eigenvalue weighted by Crippen LogP contribution is -2.61. The first-order valence-corrected chi connectivity index (χ1v) is 9.24. The van der Waals surface area contributed by atoms with E-state index in [4.69, 9.17) is 11.5 Å². The van der Waals surface area contributed by atoms with E-state index in [-0.39, 0.29) is 5.41 Å². The molecule has 0 saturated heterocycles. The molecule has 5 N–H and O–H groups in total. The Labute approximate surface area is 134 Å². The fraction of sp³-hybridized carbons (Fsp3) is 0.895. The third-order valence-corrected chi connectivity index (χ3v) is 8.36. The molecular weight excluding hydrogens is 272 g/mol. The van der Waals surface area contributed by atoms with Crippen molar-refractivity contribution in [2.45, 2.75) is 70.9 Å². The molecule has 0 spiro atoms. The predicted molar refractivity (Wildman–Crippen MR) is 88.9 cm³/mol. The van der Waals surface area contributed by atoms with Gasteiger partial charge in [-0.1, -0.05) is 13.8 Å². The Hall–Kier alpha value is -0.540. The summed E-state index contributed by atoms with van der Waals surface area (Å²) < 4.78 is 0. The molecule has 22 heavy (non-hydrogen) atoms. The lowest BCUT2D eigenvalue weighted by molar-refractivity contribution is -0.114. The fourth-order valence-electron chi connectivity index (χ4n) is 6.87. The third-order valence-electron chi connectivity index (χ3n) is 8.36. The summed E-state index contributed by atoms with van der Waals surface area (Å²) in [5, 5.41) is 10.4. The van der Waals surface area contributed by atoms with Gasteiger partial charge in [0.2, 0.25) is 0 Å². The largest absolute Gasteiger partial charge is 0.512 e. The zero-order valence-electron chi connectivity index (χ0n) is 14.1. The van der Waals surface area contributed by atoms with Crippen LogP contribution in [0.15, 0.2) is 11.8 Å². The van der Waals surface area contributed by atoms with Crippen molar-refractivity contribution in [3.05, 3.63) is 11.8 Å². The maximum Gasteiger partial charge on any atom is 0.0944 e. The van der Waals surface area contributed by atoms with E-state index in [9.17, 15) is 5.11 Å². The van der Waals surface area contributed by atoms with Gasteiger partial charge in [-0.2, -0.15) is 0 Å². The minimum absolute atomic E-state index is 0.0600. The molecule has 3 heteroatoms. The average molecular weight is 304 g/mol. The van der Waals surface area contributed by atoms with Gasteiger partial charge in [0.1, 0.15) is 0 Å². The molecule has 3 nitrogen and oxygen atoms in total. The molecule has 4 rings (SSSR count). The van der Waals surface area contributed by atoms with E-state index in [1.807, 2.05) is 0 Å². The molecule has 0 aromatic carbocycles. The molecule has 0 aliphatic heterocycles. The first-order chi connectivity index (χ1) is 10.3. The van der Waals surface area contributed by atoms with Gasteiger partial charge < -0.3 is 16.6 Å². The highest BCUT2D eigenvalue weighted by atomic mass is 16.3. The Bertz CT molecular complexity index is 514. The van der Waals surface area contributed by atoms with Gasteiger partial charge in [0.25, 0.3) is 0 Å². The molecule has 3 unspecified atom stereocenters. The zero-order valence-corrected chi connectivity index (χ0v) is 14.1. The quantitative estimate of drug-likeness (QED) is 0.598. The number of allylic oxidation sites excluding steroid dienone is 2. The maximum atomic E-state index is 10.4. The van der Waals surface area contributed by atoms with Crippen LogP contribution < -0.4 is 11.5 Å². The van der Waals surface area contributed by atoms with Crippen LogP contribution in [-0.4, -0.2) is 10.8 Å². The first-order valence-electron chi connectivity index (χ1n) is 9.24. The molecule has 4 aliphatic rings. The molecular formula is C19H32N2O. The van der Waals surface area contributed by atoms with Crippen LogP contribution in [-0.2, 0) is 0 Å². The van der Waals surface area contributed by atoms with Crippen molar-refractivity contribution in [3.63, 3.8) is 0 Å². The van der Waals surface area contributed by atoms with Gasteiger partial charge in [-0.05, 0) is 86.5 Å². The normalized spacial score (nSPS) is 53.2. The standard InChI is InChI=1S/C19H32N2O/c1-17-9-10-19(20,21)11-12(17)3-4-13-14-5-6-16(22)18(14,2)8-7-15(13)17/h6,12-15,22H,3-5,7-11,20-21H2,1-2H3/t12-,13?,14?,15?,17+,18+/m1/s1. The molecule has 0 heterocycles. The average Bonchev–Trinajstić information content (AvgIpc) is 2.76. The first kappa shape index (κ1) is 15.0. The van der Waals surface area contributed by atoms with Gasteiger partial charge in [-0.25, -0.2) is 0 Å². The molecule has 4 aliphatic carbocycles. The van der Waals surface area contributed by atoms with Crippen LogP contribution >= 0.6 is 0 Å². The monoisotopic (exact) mass is 304 g/mol. The van der Waals surface area contributed by atoms with Gasteiger partial charge in [-0.15, -0.1) is 0 Å². The molecule has 0 amide bonds. The SMILES string of the molecule is C[C@]12CCC3C(CC[C@@H]4CC(N)(N)CC[C@]34C)C1CC=C2O. The Balaban J connectivity index is 1.62. The molecule has 0 aromatic heterocycles. The van der Waals surface area contributed by atoms with E-state index in [0.29, 0.717) is 23.0 Å². The van der Waals surface area contributed by atoms with Crippen molar-refractivity contribution in [1.29, 1.82) is 0 Å². The smallest absolute Gasteiger partial charge is 0.0944 e. The molecule has 0 bridgehead atoms. The van der Waals surface area contributed by atoms with Crippen molar-refractivity contribution in [2.24, 2.45) is 46.0 Å². The van der Waals surface area contributed by atoms with Gasteiger partial charge in [0.05, 0.1) is 11.4 Å². The number of fused-ring (bicyclic) bond motifs is 5. The summed E-state index contributed by atoms with van der Waals surface area (Å²) in [6, 6.07) is 0. The second-order valence-corrected chi connectivity index (χ2v) is 9.38. The number of hydrogen-bond donors (Lipinski definition) is 3.